The van der Waals surface area contributed by atoms with E-state index in [1.165, 1.54) is 32.1 Å². The van der Waals surface area contributed by atoms with Gasteiger partial charge in [0, 0.05) is 6.04 Å². The summed E-state index contributed by atoms with van der Waals surface area (Å²) in [6, 6.07) is 6.38. The maximum Gasteiger partial charge on any atom is 0.239 e. The highest BCUT2D eigenvalue weighted by molar-refractivity contribution is 5.81. The van der Waals surface area contributed by atoms with E-state index in [1.54, 1.807) is 7.11 Å². The third kappa shape index (κ3) is 2.99. The molecule has 4 aliphatic carbocycles. The number of carbonyl (C=O) groups is 1. The van der Waals surface area contributed by atoms with Gasteiger partial charge in [-0.15, -0.1) is 0 Å². The molecule has 0 spiro atoms. The summed E-state index contributed by atoms with van der Waals surface area (Å²) in [6.07, 6.45) is 6.77. The molecule has 0 atom stereocenters. The third-order valence-corrected chi connectivity index (χ3v) is 6.35. The van der Waals surface area contributed by atoms with E-state index in [2.05, 4.69) is 10.6 Å². The number of nitrogens with one attached hydrogen (secondary N) is 2. The Morgan fingerprint density at radius 3 is 2.42 bits per heavy atom. The second-order valence-electron chi connectivity index (χ2n) is 8.08. The van der Waals surface area contributed by atoms with Crippen molar-refractivity contribution in [3.63, 3.8) is 0 Å². The van der Waals surface area contributed by atoms with Crippen molar-refractivity contribution in [2.45, 2.75) is 45.1 Å². The van der Waals surface area contributed by atoms with Crippen LogP contribution in [-0.2, 0) is 4.79 Å². The Morgan fingerprint density at radius 1 is 1.12 bits per heavy atom. The van der Waals surface area contributed by atoms with E-state index in [9.17, 15) is 4.79 Å². The summed E-state index contributed by atoms with van der Waals surface area (Å²) in [5, 5.41) is 6.58. The Labute approximate surface area is 144 Å². The van der Waals surface area contributed by atoms with Crippen LogP contribution in [-0.4, -0.2) is 25.6 Å². The Balaban J connectivity index is 1.35. The van der Waals surface area contributed by atoms with Gasteiger partial charge in [-0.25, -0.2) is 0 Å². The van der Waals surface area contributed by atoms with Crippen LogP contribution in [0.1, 0.15) is 37.7 Å². The number of anilines is 1. The zero-order valence-electron chi connectivity index (χ0n) is 14.7. The van der Waals surface area contributed by atoms with E-state index in [0.29, 0.717) is 12.6 Å². The van der Waals surface area contributed by atoms with Crippen LogP contribution in [0, 0.1) is 30.6 Å². The Kier molecular flexibility index (Phi) is 4.15. The number of hydrogen-bond acceptors (Lipinski definition) is 3. The van der Waals surface area contributed by atoms with Crippen molar-refractivity contribution in [3.05, 3.63) is 23.8 Å². The smallest absolute Gasteiger partial charge is 0.239 e. The molecule has 1 aromatic rings. The van der Waals surface area contributed by atoms with E-state index in [0.717, 1.165) is 40.7 Å². The molecule has 24 heavy (non-hydrogen) atoms. The normalized spacial score (nSPS) is 33.3. The molecule has 0 saturated heterocycles. The predicted octanol–water partition coefficient (Wildman–Crippen LogP) is 3.36. The summed E-state index contributed by atoms with van der Waals surface area (Å²) in [4.78, 5) is 12.5. The fourth-order valence-electron chi connectivity index (χ4n) is 5.53. The summed E-state index contributed by atoms with van der Waals surface area (Å²) in [6.45, 7) is 2.35. The van der Waals surface area contributed by atoms with Gasteiger partial charge >= 0.3 is 0 Å². The lowest BCUT2D eigenvalue weighted by Crippen LogP contribution is -2.56. The molecule has 0 radical (unpaired) electrons. The van der Waals surface area contributed by atoms with Crippen LogP contribution in [0.4, 0.5) is 5.69 Å². The molecule has 0 aromatic heterocycles. The van der Waals surface area contributed by atoms with Crippen LogP contribution >= 0.6 is 0 Å². The van der Waals surface area contributed by atoms with Crippen LogP contribution < -0.4 is 15.4 Å². The van der Waals surface area contributed by atoms with Crippen molar-refractivity contribution < 1.29 is 9.53 Å². The Morgan fingerprint density at radius 2 is 1.79 bits per heavy atom. The highest BCUT2D eigenvalue weighted by Gasteiger charge is 2.48. The number of carbonyl (C=O) groups excluding carboxylic acids is 1. The number of ether oxygens (including phenoxy) is 1. The quantitative estimate of drug-likeness (QED) is 0.871. The largest absolute Gasteiger partial charge is 0.495 e. The van der Waals surface area contributed by atoms with E-state index in [4.69, 9.17) is 4.74 Å². The van der Waals surface area contributed by atoms with Crippen LogP contribution in [0.25, 0.3) is 0 Å². The number of methoxy groups -OCH3 is 1. The molecule has 4 saturated carbocycles. The van der Waals surface area contributed by atoms with Crippen molar-refractivity contribution in [1.29, 1.82) is 0 Å². The zero-order chi connectivity index (χ0) is 16.7. The molecule has 0 heterocycles. The van der Waals surface area contributed by atoms with E-state index in [1.807, 2.05) is 25.1 Å². The van der Waals surface area contributed by atoms with Crippen molar-refractivity contribution in [1.82, 2.24) is 5.32 Å². The minimum atomic E-state index is 0.107. The van der Waals surface area contributed by atoms with Gasteiger partial charge in [-0.3, -0.25) is 4.79 Å². The van der Waals surface area contributed by atoms with E-state index >= 15 is 0 Å². The Bertz CT molecular complexity index is 600. The minimum absolute atomic E-state index is 0.107. The first-order chi connectivity index (χ1) is 11.6. The van der Waals surface area contributed by atoms with E-state index < -0.39 is 0 Å². The van der Waals surface area contributed by atoms with Crippen LogP contribution in [0.15, 0.2) is 18.2 Å². The first-order valence-corrected chi connectivity index (χ1v) is 9.30. The monoisotopic (exact) mass is 328 g/mol. The summed E-state index contributed by atoms with van der Waals surface area (Å²) >= 11 is 0. The molecule has 4 aliphatic rings. The SMILES string of the molecule is COc1ccc(C)cc1NCC(=O)NC1C2CC3CC(C2)CC1C3. The lowest BCUT2D eigenvalue weighted by atomic mass is 9.54. The minimum Gasteiger partial charge on any atom is -0.495 e. The number of benzene rings is 1. The standard InChI is InChI=1S/C20H28N2O2/c1-12-3-4-18(24-2)17(5-12)21-11-19(23)22-20-15-7-13-6-14(9-15)10-16(20)8-13/h3-5,13-16,20-21H,6-11H2,1-2H3,(H,22,23). The van der Waals surface area contributed by atoms with Crippen LogP contribution in [0.5, 0.6) is 5.75 Å². The number of amides is 1. The molecule has 1 aromatic carbocycles. The number of rotatable bonds is 5. The van der Waals surface area contributed by atoms with Gasteiger partial charge in [0.05, 0.1) is 19.3 Å². The first-order valence-electron chi connectivity index (χ1n) is 9.30. The third-order valence-electron chi connectivity index (χ3n) is 6.35. The van der Waals surface area contributed by atoms with Gasteiger partial charge < -0.3 is 15.4 Å². The summed E-state index contributed by atoms with van der Waals surface area (Å²) in [5.41, 5.74) is 2.04. The lowest BCUT2D eigenvalue weighted by Gasteiger charge is -2.54. The molecular weight excluding hydrogens is 300 g/mol. The summed E-state index contributed by atoms with van der Waals surface area (Å²) in [5.74, 6) is 4.21. The van der Waals surface area contributed by atoms with Gasteiger partial charge in [0.25, 0.3) is 0 Å². The predicted molar refractivity (Wildman–Crippen MR) is 95.2 cm³/mol. The topological polar surface area (TPSA) is 50.4 Å². The molecule has 1 amide bonds. The number of aryl methyl sites for hydroxylation is 1. The van der Waals surface area contributed by atoms with Crippen LogP contribution in [0.3, 0.4) is 0 Å². The van der Waals surface area contributed by atoms with Crippen molar-refractivity contribution in [2.24, 2.45) is 23.7 Å². The van der Waals surface area contributed by atoms with Crippen molar-refractivity contribution in [3.8, 4) is 5.75 Å². The second kappa shape index (κ2) is 6.30. The fraction of sp³-hybridized carbons (Fsp3) is 0.650. The Hall–Kier alpha value is -1.71. The molecule has 4 nitrogen and oxygen atoms in total. The lowest BCUT2D eigenvalue weighted by molar-refractivity contribution is -0.123. The molecule has 4 bridgehead atoms. The van der Waals surface area contributed by atoms with Gasteiger partial charge in [0.2, 0.25) is 5.91 Å². The molecule has 130 valence electrons. The summed E-state index contributed by atoms with van der Waals surface area (Å²) < 4.78 is 5.37. The number of hydrogen-bond donors (Lipinski definition) is 2. The highest BCUT2D eigenvalue weighted by atomic mass is 16.5. The van der Waals surface area contributed by atoms with Gasteiger partial charge in [-0.1, -0.05) is 6.07 Å². The maximum atomic E-state index is 12.5. The molecular formula is C20H28N2O2. The van der Waals surface area contributed by atoms with Gasteiger partial charge in [-0.05, 0) is 80.4 Å². The van der Waals surface area contributed by atoms with Crippen LogP contribution in [0.2, 0.25) is 0 Å². The molecule has 4 fully saturated rings. The molecule has 5 rings (SSSR count). The van der Waals surface area contributed by atoms with Gasteiger partial charge in [0.15, 0.2) is 0 Å². The fourth-order valence-corrected chi connectivity index (χ4v) is 5.53. The van der Waals surface area contributed by atoms with Crippen molar-refractivity contribution >= 4 is 11.6 Å². The van der Waals surface area contributed by atoms with Gasteiger partial charge in [0.1, 0.15) is 5.75 Å². The second-order valence-corrected chi connectivity index (χ2v) is 8.08. The molecule has 0 unspecified atom stereocenters. The molecule has 4 heteroatoms. The molecule has 2 N–H and O–H groups in total. The van der Waals surface area contributed by atoms with E-state index in [-0.39, 0.29) is 5.91 Å². The summed E-state index contributed by atoms with van der Waals surface area (Å²) in [7, 11) is 1.66. The highest BCUT2D eigenvalue weighted by Crippen LogP contribution is 2.53. The maximum absolute atomic E-state index is 12.5. The zero-order valence-corrected chi connectivity index (χ0v) is 14.7. The average Bonchev–Trinajstić information content (AvgIpc) is 2.56. The van der Waals surface area contributed by atoms with Gasteiger partial charge in [-0.2, -0.15) is 0 Å². The first kappa shape index (κ1) is 15.8. The molecule has 0 aliphatic heterocycles. The average molecular weight is 328 g/mol. The van der Waals surface area contributed by atoms with Crippen molar-refractivity contribution in [2.75, 3.05) is 19.0 Å².